The Morgan fingerprint density at radius 3 is 2.64 bits per heavy atom. The Balaban J connectivity index is 2.93. The van der Waals surface area contributed by atoms with E-state index in [0.717, 1.165) is 6.42 Å². The van der Waals surface area contributed by atoms with Gasteiger partial charge in [0.05, 0.1) is 0 Å². The van der Waals surface area contributed by atoms with Crippen molar-refractivity contribution in [3.8, 4) is 0 Å². The minimum atomic E-state index is 0.102. The molecule has 0 fully saturated rings. The van der Waals surface area contributed by atoms with E-state index < -0.39 is 0 Å². The molecule has 14 heavy (non-hydrogen) atoms. The Kier molecular flexibility index (Phi) is 3.30. The van der Waals surface area contributed by atoms with Crippen molar-refractivity contribution in [3.63, 3.8) is 0 Å². The van der Waals surface area contributed by atoms with Crippen molar-refractivity contribution in [2.75, 3.05) is 0 Å². The van der Waals surface area contributed by atoms with Gasteiger partial charge in [0.25, 0.3) is 0 Å². The van der Waals surface area contributed by atoms with Crippen molar-refractivity contribution in [2.24, 2.45) is 17.3 Å². The number of carbonyl (C=O) groups is 1. The summed E-state index contributed by atoms with van der Waals surface area (Å²) in [5.74, 6) is 0.778. The average molecular weight is 192 g/mol. The van der Waals surface area contributed by atoms with Crippen LogP contribution in [-0.4, -0.2) is 5.78 Å². The van der Waals surface area contributed by atoms with Crippen molar-refractivity contribution < 1.29 is 4.79 Å². The molecule has 1 rings (SSSR count). The Morgan fingerprint density at radius 2 is 2.14 bits per heavy atom. The van der Waals surface area contributed by atoms with Gasteiger partial charge in [0.1, 0.15) is 0 Å². The Hall–Kier alpha value is -0.850. The van der Waals surface area contributed by atoms with E-state index >= 15 is 0 Å². The summed E-state index contributed by atoms with van der Waals surface area (Å²) in [6.07, 6.45) is 8.91. The molecule has 0 aliphatic heterocycles. The van der Waals surface area contributed by atoms with Gasteiger partial charge in [0.2, 0.25) is 0 Å². The van der Waals surface area contributed by atoms with Crippen LogP contribution in [-0.2, 0) is 4.79 Å². The maximum absolute atomic E-state index is 11.9. The minimum absolute atomic E-state index is 0.102. The van der Waals surface area contributed by atoms with E-state index in [-0.39, 0.29) is 17.1 Å². The molecule has 0 N–H and O–H groups in total. The van der Waals surface area contributed by atoms with Crippen LogP contribution in [0.3, 0.4) is 0 Å². The molecule has 1 aliphatic carbocycles. The highest BCUT2D eigenvalue weighted by Gasteiger charge is 2.38. The van der Waals surface area contributed by atoms with Gasteiger partial charge in [-0.15, -0.1) is 0 Å². The van der Waals surface area contributed by atoms with Crippen LogP contribution < -0.4 is 0 Å². The van der Waals surface area contributed by atoms with Gasteiger partial charge >= 0.3 is 0 Å². The molecule has 0 saturated heterocycles. The number of hydrogen-bond acceptors (Lipinski definition) is 1. The Bertz CT molecular complexity index is 271. The lowest BCUT2D eigenvalue weighted by Crippen LogP contribution is -2.36. The van der Waals surface area contributed by atoms with Crippen LogP contribution in [0.5, 0.6) is 0 Å². The van der Waals surface area contributed by atoms with E-state index in [1.165, 1.54) is 0 Å². The number of carbonyl (C=O) groups excluding carboxylic acids is 1. The molecular formula is C13H20O. The summed E-state index contributed by atoms with van der Waals surface area (Å²) in [4.78, 5) is 11.9. The predicted molar refractivity (Wildman–Crippen MR) is 60.0 cm³/mol. The first-order chi connectivity index (χ1) is 6.49. The van der Waals surface area contributed by atoms with Crippen LogP contribution in [0, 0.1) is 17.3 Å². The topological polar surface area (TPSA) is 17.1 Å². The number of rotatable bonds is 2. The SMILES string of the molecule is C/C=C\C(=O)[C@@H]1[C@H](C)C=CCC1(C)C. The second-order valence-corrected chi connectivity index (χ2v) is 4.86. The van der Waals surface area contributed by atoms with E-state index in [0.29, 0.717) is 5.92 Å². The third-order valence-corrected chi connectivity index (χ3v) is 3.09. The summed E-state index contributed by atoms with van der Waals surface area (Å²) in [6.45, 7) is 8.38. The molecule has 0 amide bonds. The molecule has 0 bridgehead atoms. The van der Waals surface area contributed by atoms with Gasteiger partial charge in [-0.25, -0.2) is 0 Å². The highest BCUT2D eigenvalue weighted by Crippen LogP contribution is 2.41. The summed E-state index contributed by atoms with van der Waals surface area (Å²) in [6, 6.07) is 0. The lowest BCUT2D eigenvalue weighted by atomic mass is 9.65. The lowest BCUT2D eigenvalue weighted by Gasteiger charge is -2.38. The number of hydrogen-bond donors (Lipinski definition) is 0. The lowest BCUT2D eigenvalue weighted by molar-refractivity contribution is -0.123. The molecule has 2 atom stereocenters. The molecule has 0 saturated carbocycles. The smallest absolute Gasteiger partial charge is 0.159 e. The molecule has 0 aromatic rings. The molecule has 0 aromatic heterocycles. The molecule has 0 aromatic carbocycles. The van der Waals surface area contributed by atoms with Crippen molar-refractivity contribution in [1.29, 1.82) is 0 Å². The largest absolute Gasteiger partial charge is 0.295 e. The van der Waals surface area contributed by atoms with Gasteiger partial charge in [-0.3, -0.25) is 4.79 Å². The number of ketones is 1. The predicted octanol–water partition coefficient (Wildman–Crippen LogP) is 3.37. The summed E-state index contributed by atoms with van der Waals surface area (Å²) >= 11 is 0. The monoisotopic (exact) mass is 192 g/mol. The molecule has 78 valence electrons. The van der Waals surface area contributed by atoms with Crippen LogP contribution in [0.4, 0.5) is 0 Å². The quantitative estimate of drug-likeness (QED) is 0.484. The Morgan fingerprint density at radius 1 is 1.50 bits per heavy atom. The van der Waals surface area contributed by atoms with Crippen LogP contribution in [0.2, 0.25) is 0 Å². The van der Waals surface area contributed by atoms with Crippen LogP contribution >= 0.6 is 0 Å². The molecule has 0 unspecified atom stereocenters. The van der Waals surface area contributed by atoms with E-state index in [9.17, 15) is 4.79 Å². The second kappa shape index (κ2) is 4.12. The van der Waals surface area contributed by atoms with Crippen molar-refractivity contribution in [3.05, 3.63) is 24.3 Å². The van der Waals surface area contributed by atoms with Crippen molar-refractivity contribution in [1.82, 2.24) is 0 Å². The zero-order valence-corrected chi connectivity index (χ0v) is 9.58. The maximum atomic E-state index is 11.9. The average Bonchev–Trinajstić information content (AvgIpc) is 2.02. The molecule has 0 spiro atoms. The fraction of sp³-hybridized carbons (Fsp3) is 0.615. The summed E-state index contributed by atoms with van der Waals surface area (Å²) in [5.41, 5.74) is 0.102. The Labute approximate surface area is 86.9 Å². The number of allylic oxidation sites excluding steroid dienone is 4. The molecule has 0 radical (unpaired) electrons. The zero-order valence-electron chi connectivity index (χ0n) is 9.58. The molecular weight excluding hydrogens is 172 g/mol. The first-order valence-corrected chi connectivity index (χ1v) is 5.32. The summed E-state index contributed by atoms with van der Waals surface area (Å²) < 4.78 is 0. The maximum Gasteiger partial charge on any atom is 0.159 e. The van der Waals surface area contributed by atoms with Crippen LogP contribution in [0.25, 0.3) is 0 Å². The molecule has 0 heterocycles. The molecule has 1 heteroatoms. The van der Waals surface area contributed by atoms with Gasteiger partial charge in [-0.2, -0.15) is 0 Å². The normalized spacial score (nSPS) is 30.9. The zero-order chi connectivity index (χ0) is 10.8. The molecule has 1 aliphatic rings. The van der Waals surface area contributed by atoms with Gasteiger partial charge in [-0.1, -0.05) is 39.0 Å². The first kappa shape index (κ1) is 11.2. The second-order valence-electron chi connectivity index (χ2n) is 4.86. The van der Waals surface area contributed by atoms with Crippen LogP contribution in [0.15, 0.2) is 24.3 Å². The summed E-state index contributed by atoms with van der Waals surface area (Å²) in [7, 11) is 0. The van der Waals surface area contributed by atoms with Crippen molar-refractivity contribution in [2.45, 2.75) is 34.1 Å². The first-order valence-electron chi connectivity index (χ1n) is 5.32. The van der Waals surface area contributed by atoms with Crippen molar-refractivity contribution >= 4 is 5.78 Å². The minimum Gasteiger partial charge on any atom is -0.295 e. The third-order valence-electron chi connectivity index (χ3n) is 3.09. The van der Waals surface area contributed by atoms with Gasteiger partial charge in [0.15, 0.2) is 5.78 Å². The molecule has 1 nitrogen and oxygen atoms in total. The standard InChI is InChI=1S/C13H20O/c1-5-7-11(14)12-10(2)8-6-9-13(12,3)4/h5-8,10,12H,9H2,1-4H3/b7-5-/t10-,12+/m1/s1. The van der Waals surface area contributed by atoms with E-state index in [1.807, 2.05) is 13.0 Å². The van der Waals surface area contributed by atoms with E-state index in [4.69, 9.17) is 0 Å². The highest BCUT2D eigenvalue weighted by atomic mass is 16.1. The summed E-state index contributed by atoms with van der Waals surface area (Å²) in [5, 5.41) is 0. The van der Waals surface area contributed by atoms with E-state index in [1.54, 1.807) is 6.08 Å². The fourth-order valence-corrected chi connectivity index (χ4v) is 2.45. The van der Waals surface area contributed by atoms with Gasteiger partial charge < -0.3 is 0 Å². The third kappa shape index (κ3) is 2.14. The van der Waals surface area contributed by atoms with Crippen LogP contribution in [0.1, 0.15) is 34.1 Å². The van der Waals surface area contributed by atoms with E-state index in [2.05, 4.69) is 32.9 Å². The fourth-order valence-electron chi connectivity index (χ4n) is 2.45. The van der Waals surface area contributed by atoms with Gasteiger partial charge in [-0.05, 0) is 30.8 Å². The van der Waals surface area contributed by atoms with Gasteiger partial charge in [0, 0.05) is 5.92 Å². The highest BCUT2D eigenvalue weighted by molar-refractivity contribution is 5.92.